The molecule has 0 saturated heterocycles. The maximum absolute atomic E-state index is 12.5. The van der Waals surface area contributed by atoms with Gasteiger partial charge in [0.25, 0.3) is 0 Å². The quantitative estimate of drug-likeness (QED) is 0.821. The van der Waals surface area contributed by atoms with Crippen molar-refractivity contribution in [2.24, 2.45) is 4.99 Å². The standard InChI is InChI=1S/C16H19N3OS3/c1-10(22-16-18-7-8-21-16)14(20)19-15-12(9-17)11-5-3-2-4-6-13(11)23-15/h10H,2-8H2,1H3,(H,19,20)/t10-/m0/s1. The summed E-state index contributed by atoms with van der Waals surface area (Å²) in [6.45, 7) is 2.74. The average Bonchev–Trinajstić information content (AvgIpc) is 3.09. The van der Waals surface area contributed by atoms with E-state index in [4.69, 9.17) is 0 Å². The highest BCUT2D eigenvalue weighted by Crippen LogP contribution is 2.37. The number of fused-ring (bicyclic) bond motifs is 1. The van der Waals surface area contributed by atoms with Crippen LogP contribution in [-0.4, -0.2) is 27.8 Å². The number of rotatable bonds is 3. The third-order valence-electron chi connectivity index (χ3n) is 3.97. The highest BCUT2D eigenvalue weighted by molar-refractivity contribution is 8.39. The van der Waals surface area contributed by atoms with E-state index in [9.17, 15) is 10.1 Å². The monoisotopic (exact) mass is 365 g/mol. The Hall–Kier alpha value is -0.970. The first kappa shape index (κ1) is 16.9. The molecule has 2 aliphatic rings. The number of aryl methyl sites for hydroxylation is 1. The van der Waals surface area contributed by atoms with E-state index >= 15 is 0 Å². The number of carbonyl (C=O) groups excluding carboxylic acids is 1. The molecule has 1 amide bonds. The molecule has 0 spiro atoms. The molecule has 0 fully saturated rings. The average molecular weight is 366 g/mol. The van der Waals surface area contributed by atoms with E-state index in [2.05, 4.69) is 16.4 Å². The number of thioether (sulfide) groups is 2. The van der Waals surface area contributed by atoms with Gasteiger partial charge in [0.1, 0.15) is 15.4 Å². The summed E-state index contributed by atoms with van der Waals surface area (Å²) < 4.78 is 0.995. The normalized spacial score (nSPS) is 18.5. The molecule has 0 saturated carbocycles. The van der Waals surface area contributed by atoms with Gasteiger partial charge < -0.3 is 5.32 Å². The van der Waals surface area contributed by atoms with Crippen molar-refractivity contribution in [3.8, 4) is 6.07 Å². The van der Waals surface area contributed by atoms with Crippen LogP contribution in [0.4, 0.5) is 5.00 Å². The highest BCUT2D eigenvalue weighted by Gasteiger charge is 2.24. The van der Waals surface area contributed by atoms with E-state index in [1.807, 2.05) is 6.92 Å². The summed E-state index contributed by atoms with van der Waals surface area (Å²) in [6.07, 6.45) is 5.52. The van der Waals surface area contributed by atoms with Gasteiger partial charge in [-0.3, -0.25) is 9.79 Å². The first-order valence-electron chi connectivity index (χ1n) is 7.88. The van der Waals surface area contributed by atoms with Crippen LogP contribution in [0.3, 0.4) is 0 Å². The summed E-state index contributed by atoms with van der Waals surface area (Å²) >= 11 is 4.81. The molecule has 2 heterocycles. The van der Waals surface area contributed by atoms with Crippen molar-refractivity contribution in [3.63, 3.8) is 0 Å². The van der Waals surface area contributed by atoms with E-state index < -0.39 is 0 Å². The molecule has 1 N–H and O–H groups in total. The van der Waals surface area contributed by atoms with Crippen molar-refractivity contribution >= 4 is 50.1 Å². The van der Waals surface area contributed by atoms with Crippen molar-refractivity contribution in [1.82, 2.24) is 0 Å². The molecular formula is C16H19N3OS3. The number of anilines is 1. The molecule has 7 heteroatoms. The van der Waals surface area contributed by atoms with E-state index in [0.29, 0.717) is 5.56 Å². The Bertz CT molecular complexity index is 675. The Morgan fingerprint density at radius 3 is 2.96 bits per heavy atom. The fourth-order valence-electron chi connectivity index (χ4n) is 2.75. The summed E-state index contributed by atoms with van der Waals surface area (Å²) in [7, 11) is 0. The van der Waals surface area contributed by atoms with Crippen LogP contribution in [0.2, 0.25) is 0 Å². The molecule has 4 nitrogen and oxygen atoms in total. The number of nitrogens with one attached hydrogen (secondary N) is 1. The van der Waals surface area contributed by atoms with Crippen LogP contribution >= 0.6 is 34.9 Å². The van der Waals surface area contributed by atoms with Crippen molar-refractivity contribution in [1.29, 1.82) is 5.26 Å². The number of hydrogen-bond donors (Lipinski definition) is 1. The second kappa shape index (κ2) is 7.73. The maximum Gasteiger partial charge on any atom is 0.238 e. The van der Waals surface area contributed by atoms with Crippen LogP contribution in [-0.2, 0) is 17.6 Å². The number of hydrogen-bond acceptors (Lipinski definition) is 6. The number of nitrogens with zero attached hydrogens (tertiary/aromatic N) is 2. The van der Waals surface area contributed by atoms with Crippen LogP contribution in [0.15, 0.2) is 4.99 Å². The third kappa shape index (κ3) is 3.93. The second-order valence-corrected chi connectivity index (χ2v) is 9.40. The Balaban J connectivity index is 1.72. The van der Waals surface area contributed by atoms with Gasteiger partial charge in [0, 0.05) is 10.6 Å². The summed E-state index contributed by atoms with van der Waals surface area (Å²) in [5, 5.41) is 13.0. The predicted molar refractivity (Wildman–Crippen MR) is 101 cm³/mol. The van der Waals surface area contributed by atoms with Crippen molar-refractivity contribution in [3.05, 3.63) is 16.0 Å². The van der Waals surface area contributed by atoms with Crippen molar-refractivity contribution in [2.45, 2.75) is 44.3 Å². The molecule has 122 valence electrons. The van der Waals surface area contributed by atoms with Gasteiger partial charge in [-0.2, -0.15) is 5.26 Å². The topological polar surface area (TPSA) is 65.2 Å². The highest BCUT2D eigenvalue weighted by atomic mass is 32.2. The van der Waals surface area contributed by atoms with Crippen molar-refractivity contribution in [2.75, 3.05) is 17.6 Å². The summed E-state index contributed by atoms with van der Waals surface area (Å²) in [5.74, 6) is 0.963. The van der Waals surface area contributed by atoms with Gasteiger partial charge in [0.05, 0.1) is 17.4 Å². The number of aliphatic imine (C=N–C) groups is 1. The molecule has 0 unspecified atom stereocenters. The number of thiophene rings is 1. The van der Waals surface area contributed by atoms with Gasteiger partial charge in [-0.15, -0.1) is 11.3 Å². The molecule has 0 aromatic carbocycles. The zero-order valence-corrected chi connectivity index (χ0v) is 15.5. The van der Waals surface area contributed by atoms with Crippen LogP contribution in [0.1, 0.15) is 42.2 Å². The number of amides is 1. The number of nitriles is 1. The van der Waals surface area contributed by atoms with E-state index in [-0.39, 0.29) is 11.2 Å². The molecule has 23 heavy (non-hydrogen) atoms. The lowest BCUT2D eigenvalue weighted by Gasteiger charge is -2.10. The first-order valence-corrected chi connectivity index (χ1v) is 10.6. The molecule has 1 aromatic heterocycles. The van der Waals surface area contributed by atoms with Crippen LogP contribution in [0.25, 0.3) is 0 Å². The minimum Gasteiger partial charge on any atom is -0.316 e. The Kier molecular flexibility index (Phi) is 5.67. The van der Waals surface area contributed by atoms with Gasteiger partial charge >= 0.3 is 0 Å². The van der Waals surface area contributed by atoms with Gasteiger partial charge in [-0.05, 0) is 38.2 Å². The Labute approximate surface area is 149 Å². The molecule has 0 radical (unpaired) electrons. The fourth-order valence-corrected chi connectivity index (χ4v) is 6.13. The Morgan fingerprint density at radius 2 is 2.22 bits per heavy atom. The molecule has 1 aliphatic heterocycles. The molecule has 1 aliphatic carbocycles. The van der Waals surface area contributed by atoms with Crippen molar-refractivity contribution < 1.29 is 4.79 Å². The first-order chi connectivity index (χ1) is 11.2. The molecule has 0 bridgehead atoms. The zero-order valence-electron chi connectivity index (χ0n) is 13.1. The van der Waals surface area contributed by atoms with Gasteiger partial charge in [0.15, 0.2) is 0 Å². The van der Waals surface area contributed by atoms with Gasteiger partial charge in [-0.1, -0.05) is 29.9 Å². The SMILES string of the molecule is C[C@H](SC1=NCCS1)C(=O)Nc1sc2c(c1C#N)CCCCC2. The van der Waals surface area contributed by atoms with E-state index in [1.165, 1.54) is 35.0 Å². The lowest BCUT2D eigenvalue weighted by atomic mass is 10.1. The lowest BCUT2D eigenvalue weighted by molar-refractivity contribution is -0.115. The van der Waals surface area contributed by atoms with Crippen LogP contribution < -0.4 is 5.32 Å². The summed E-state index contributed by atoms with van der Waals surface area (Å²) in [6, 6.07) is 2.31. The minimum absolute atomic E-state index is 0.0434. The van der Waals surface area contributed by atoms with Gasteiger partial charge in [0.2, 0.25) is 5.91 Å². The minimum atomic E-state index is -0.201. The maximum atomic E-state index is 12.5. The summed E-state index contributed by atoms with van der Waals surface area (Å²) in [4.78, 5) is 18.1. The molecule has 1 aromatic rings. The third-order valence-corrected chi connectivity index (χ3v) is 7.48. The van der Waals surface area contributed by atoms with E-state index in [0.717, 1.165) is 40.9 Å². The van der Waals surface area contributed by atoms with Crippen LogP contribution in [0.5, 0.6) is 0 Å². The largest absolute Gasteiger partial charge is 0.316 e. The Morgan fingerprint density at radius 1 is 1.39 bits per heavy atom. The molecule has 3 rings (SSSR count). The van der Waals surface area contributed by atoms with E-state index in [1.54, 1.807) is 23.1 Å². The molecular weight excluding hydrogens is 346 g/mol. The molecule has 1 atom stereocenters. The predicted octanol–water partition coefficient (Wildman–Crippen LogP) is 4.05. The lowest BCUT2D eigenvalue weighted by Crippen LogP contribution is -2.23. The number of carbonyl (C=O) groups is 1. The fraction of sp³-hybridized carbons (Fsp3) is 0.562. The van der Waals surface area contributed by atoms with Crippen LogP contribution in [0, 0.1) is 11.3 Å². The zero-order chi connectivity index (χ0) is 16.2. The smallest absolute Gasteiger partial charge is 0.238 e. The summed E-state index contributed by atoms with van der Waals surface area (Å²) in [5.41, 5.74) is 1.85. The van der Waals surface area contributed by atoms with Gasteiger partial charge in [-0.25, -0.2) is 0 Å². The second-order valence-electron chi connectivity index (χ2n) is 5.63.